The lowest BCUT2D eigenvalue weighted by atomic mass is 10.2. The van der Waals surface area contributed by atoms with Gasteiger partial charge in [0, 0.05) is 23.6 Å². The molecule has 1 saturated carbocycles. The summed E-state index contributed by atoms with van der Waals surface area (Å²) < 4.78 is 5.61. The van der Waals surface area contributed by atoms with Gasteiger partial charge in [-0.3, -0.25) is 9.89 Å². The van der Waals surface area contributed by atoms with E-state index in [1.807, 2.05) is 42.5 Å². The normalized spacial score (nSPS) is 13.3. The molecule has 1 aliphatic rings. The number of carbonyl (C=O) groups is 1. The fourth-order valence-corrected chi connectivity index (χ4v) is 3.07. The Morgan fingerprint density at radius 1 is 1.21 bits per heavy atom. The molecule has 28 heavy (non-hydrogen) atoms. The van der Waals surface area contributed by atoms with Crippen molar-refractivity contribution in [3.05, 3.63) is 59.4 Å². The SMILES string of the molecule is O=C(CCCOc1ccccc1Cl)Nc1cccc(-c2n[nH]c(C3CC3)n2)c1. The van der Waals surface area contributed by atoms with Crippen LogP contribution in [-0.4, -0.2) is 27.7 Å². The van der Waals surface area contributed by atoms with E-state index in [0.717, 1.165) is 17.1 Å². The second-order valence-corrected chi connectivity index (χ2v) is 7.24. The summed E-state index contributed by atoms with van der Waals surface area (Å²) in [6.07, 6.45) is 3.30. The molecular formula is C21H21ClN4O2. The summed E-state index contributed by atoms with van der Waals surface area (Å²) in [6.45, 7) is 0.429. The Balaban J connectivity index is 1.27. The van der Waals surface area contributed by atoms with Crippen LogP contribution in [0, 0.1) is 0 Å². The van der Waals surface area contributed by atoms with Crippen LogP contribution in [0.25, 0.3) is 11.4 Å². The lowest BCUT2D eigenvalue weighted by Gasteiger charge is -2.08. The monoisotopic (exact) mass is 396 g/mol. The van der Waals surface area contributed by atoms with E-state index in [2.05, 4.69) is 20.5 Å². The number of rotatable bonds is 8. The zero-order chi connectivity index (χ0) is 19.3. The van der Waals surface area contributed by atoms with Crippen LogP contribution in [0.5, 0.6) is 5.75 Å². The molecule has 4 rings (SSSR count). The molecule has 0 unspecified atom stereocenters. The molecule has 2 N–H and O–H groups in total. The minimum absolute atomic E-state index is 0.0615. The Morgan fingerprint density at radius 2 is 2.07 bits per heavy atom. The van der Waals surface area contributed by atoms with Gasteiger partial charge in [0.15, 0.2) is 5.82 Å². The molecular weight excluding hydrogens is 376 g/mol. The Hall–Kier alpha value is -2.86. The first-order valence-corrected chi connectivity index (χ1v) is 9.77. The number of aromatic amines is 1. The number of carbonyl (C=O) groups excluding carboxylic acids is 1. The van der Waals surface area contributed by atoms with Gasteiger partial charge < -0.3 is 10.1 Å². The number of benzene rings is 2. The Morgan fingerprint density at radius 3 is 2.89 bits per heavy atom. The lowest BCUT2D eigenvalue weighted by Crippen LogP contribution is -2.12. The van der Waals surface area contributed by atoms with Crippen molar-refractivity contribution in [1.82, 2.24) is 15.2 Å². The molecule has 1 amide bonds. The van der Waals surface area contributed by atoms with Gasteiger partial charge in [-0.15, -0.1) is 0 Å². The molecule has 1 aromatic heterocycles. The molecule has 0 radical (unpaired) electrons. The van der Waals surface area contributed by atoms with E-state index in [-0.39, 0.29) is 5.91 Å². The standard InChI is InChI=1S/C21H21ClN4O2/c22-17-7-1-2-8-18(17)28-12-4-9-19(27)23-16-6-3-5-15(13-16)21-24-20(25-26-21)14-10-11-14/h1-3,5-8,13-14H,4,9-12H2,(H,23,27)(H,24,25,26). The van der Waals surface area contributed by atoms with Crippen molar-refractivity contribution >= 4 is 23.2 Å². The first-order valence-electron chi connectivity index (χ1n) is 9.39. The van der Waals surface area contributed by atoms with Gasteiger partial charge in [0.2, 0.25) is 5.91 Å². The van der Waals surface area contributed by atoms with Crippen molar-refractivity contribution in [2.24, 2.45) is 0 Å². The second kappa shape index (κ2) is 8.44. The molecule has 0 spiro atoms. The van der Waals surface area contributed by atoms with Crippen LogP contribution in [0.1, 0.15) is 37.4 Å². The molecule has 144 valence electrons. The largest absolute Gasteiger partial charge is 0.492 e. The van der Waals surface area contributed by atoms with Crippen molar-refractivity contribution in [2.45, 2.75) is 31.6 Å². The summed E-state index contributed by atoms with van der Waals surface area (Å²) in [7, 11) is 0. The second-order valence-electron chi connectivity index (χ2n) is 6.83. The smallest absolute Gasteiger partial charge is 0.224 e. The van der Waals surface area contributed by atoms with Gasteiger partial charge in [0.05, 0.1) is 11.6 Å². The zero-order valence-electron chi connectivity index (χ0n) is 15.3. The van der Waals surface area contributed by atoms with E-state index in [0.29, 0.717) is 42.0 Å². The third-order valence-corrected chi connectivity index (χ3v) is 4.83. The molecule has 0 saturated heterocycles. The molecule has 1 fully saturated rings. The predicted molar refractivity (Wildman–Crippen MR) is 109 cm³/mol. The topological polar surface area (TPSA) is 79.9 Å². The third kappa shape index (κ3) is 4.70. The van der Waals surface area contributed by atoms with Crippen LogP contribution in [-0.2, 0) is 4.79 Å². The highest BCUT2D eigenvalue weighted by atomic mass is 35.5. The van der Waals surface area contributed by atoms with Crippen LogP contribution < -0.4 is 10.1 Å². The Labute approximate surface area is 168 Å². The van der Waals surface area contributed by atoms with E-state index in [1.54, 1.807) is 6.07 Å². The lowest BCUT2D eigenvalue weighted by molar-refractivity contribution is -0.116. The van der Waals surface area contributed by atoms with E-state index in [1.165, 1.54) is 12.8 Å². The van der Waals surface area contributed by atoms with Crippen LogP contribution in [0.15, 0.2) is 48.5 Å². The number of nitrogens with zero attached hydrogens (tertiary/aromatic N) is 2. The van der Waals surface area contributed by atoms with Gasteiger partial charge in [0.25, 0.3) is 0 Å². The van der Waals surface area contributed by atoms with Gasteiger partial charge in [-0.2, -0.15) is 5.10 Å². The molecule has 1 heterocycles. The summed E-state index contributed by atoms with van der Waals surface area (Å²) in [4.78, 5) is 16.8. The highest BCUT2D eigenvalue weighted by Crippen LogP contribution is 2.38. The molecule has 0 aliphatic heterocycles. The average Bonchev–Trinajstić information content (AvgIpc) is 3.43. The van der Waals surface area contributed by atoms with Crippen LogP contribution in [0.2, 0.25) is 5.02 Å². The minimum atomic E-state index is -0.0615. The summed E-state index contributed by atoms with van der Waals surface area (Å²) in [5.74, 6) is 2.70. The van der Waals surface area contributed by atoms with Crippen LogP contribution >= 0.6 is 11.6 Å². The number of halogens is 1. The average molecular weight is 397 g/mol. The maximum atomic E-state index is 12.2. The summed E-state index contributed by atoms with van der Waals surface area (Å²) in [5.41, 5.74) is 1.61. The maximum absolute atomic E-state index is 12.2. The molecule has 0 atom stereocenters. The van der Waals surface area contributed by atoms with Gasteiger partial charge in [-0.05, 0) is 43.5 Å². The number of aromatic nitrogens is 3. The van der Waals surface area contributed by atoms with Gasteiger partial charge in [-0.25, -0.2) is 4.98 Å². The first-order chi connectivity index (χ1) is 13.7. The first kappa shape index (κ1) is 18.5. The minimum Gasteiger partial charge on any atom is -0.492 e. The number of ether oxygens (including phenoxy) is 1. The molecule has 2 aromatic carbocycles. The van der Waals surface area contributed by atoms with Crippen molar-refractivity contribution in [3.8, 4) is 17.1 Å². The fraction of sp³-hybridized carbons (Fsp3) is 0.286. The van der Waals surface area contributed by atoms with Crippen LogP contribution in [0.4, 0.5) is 5.69 Å². The maximum Gasteiger partial charge on any atom is 0.224 e. The number of hydrogen-bond donors (Lipinski definition) is 2. The van der Waals surface area contributed by atoms with Crippen molar-refractivity contribution < 1.29 is 9.53 Å². The van der Waals surface area contributed by atoms with E-state index >= 15 is 0 Å². The number of hydrogen-bond acceptors (Lipinski definition) is 4. The number of amides is 1. The van der Waals surface area contributed by atoms with Gasteiger partial charge in [-0.1, -0.05) is 35.9 Å². The van der Waals surface area contributed by atoms with Gasteiger partial charge >= 0.3 is 0 Å². The molecule has 6 nitrogen and oxygen atoms in total. The number of para-hydroxylation sites is 1. The summed E-state index contributed by atoms with van der Waals surface area (Å²) in [6, 6.07) is 14.9. The molecule has 3 aromatic rings. The van der Waals surface area contributed by atoms with Gasteiger partial charge in [0.1, 0.15) is 11.6 Å². The predicted octanol–water partition coefficient (Wildman–Crippen LogP) is 4.80. The number of nitrogens with one attached hydrogen (secondary N) is 2. The molecule has 7 heteroatoms. The summed E-state index contributed by atoms with van der Waals surface area (Å²) >= 11 is 6.04. The quantitative estimate of drug-likeness (QED) is 0.536. The number of H-pyrrole nitrogens is 1. The van der Waals surface area contributed by atoms with Crippen LogP contribution in [0.3, 0.4) is 0 Å². The Bertz CT molecular complexity index is 968. The highest BCUT2D eigenvalue weighted by molar-refractivity contribution is 6.32. The molecule has 1 aliphatic carbocycles. The fourth-order valence-electron chi connectivity index (χ4n) is 2.88. The van der Waals surface area contributed by atoms with Crippen molar-refractivity contribution in [1.29, 1.82) is 0 Å². The molecule has 0 bridgehead atoms. The Kier molecular flexibility index (Phi) is 5.58. The van der Waals surface area contributed by atoms with Crippen molar-refractivity contribution in [3.63, 3.8) is 0 Å². The third-order valence-electron chi connectivity index (χ3n) is 4.51. The zero-order valence-corrected chi connectivity index (χ0v) is 16.1. The van der Waals surface area contributed by atoms with E-state index < -0.39 is 0 Å². The number of anilines is 1. The van der Waals surface area contributed by atoms with Crippen molar-refractivity contribution in [2.75, 3.05) is 11.9 Å². The summed E-state index contributed by atoms with van der Waals surface area (Å²) in [5, 5.41) is 10.8. The van der Waals surface area contributed by atoms with E-state index in [9.17, 15) is 4.79 Å². The van der Waals surface area contributed by atoms with E-state index in [4.69, 9.17) is 16.3 Å². The highest BCUT2D eigenvalue weighted by Gasteiger charge is 2.27.